The fourth-order valence-corrected chi connectivity index (χ4v) is 4.27. The summed E-state index contributed by atoms with van der Waals surface area (Å²) in [5, 5.41) is 8.55. The second kappa shape index (κ2) is 9.60. The summed E-state index contributed by atoms with van der Waals surface area (Å²) in [6, 6.07) is 36.8. The molecule has 0 aliphatic carbocycles. The number of fused-ring (bicyclic) bond motifs is 2. The number of nitrogens with zero attached hydrogens (tertiary/aromatic N) is 1. The molecule has 0 heterocycles. The Kier molecular flexibility index (Phi) is 6.05. The molecule has 0 bridgehead atoms. The van der Waals surface area contributed by atoms with Crippen LogP contribution in [0.25, 0.3) is 21.5 Å². The van der Waals surface area contributed by atoms with Gasteiger partial charge in [0.15, 0.2) is 5.11 Å². The van der Waals surface area contributed by atoms with E-state index in [0.717, 1.165) is 33.5 Å². The first-order chi connectivity index (χ1) is 16.7. The van der Waals surface area contributed by atoms with E-state index in [1.165, 1.54) is 10.8 Å². The summed E-state index contributed by atoms with van der Waals surface area (Å²) in [5.74, 6) is 0. The Bertz CT molecular complexity index is 1400. The molecule has 3 N–H and O–H groups in total. The second-order valence-corrected chi connectivity index (χ2v) is 8.18. The number of carbonyl (C=O) groups excluding carboxylic acids is 1. The van der Waals surface area contributed by atoms with Crippen molar-refractivity contribution in [1.29, 1.82) is 0 Å². The van der Waals surface area contributed by atoms with Crippen LogP contribution in [-0.2, 0) is 4.79 Å². The van der Waals surface area contributed by atoms with Gasteiger partial charge >= 0.3 is 0 Å². The van der Waals surface area contributed by atoms with Crippen molar-refractivity contribution >= 4 is 68.0 Å². The fourth-order valence-electron chi connectivity index (χ4n) is 3.94. The van der Waals surface area contributed by atoms with Gasteiger partial charge in [0, 0.05) is 17.1 Å². The van der Waals surface area contributed by atoms with Gasteiger partial charge in [-0.05, 0) is 82.3 Å². The molecule has 0 fully saturated rings. The van der Waals surface area contributed by atoms with E-state index in [1.54, 1.807) is 0 Å². The van der Waals surface area contributed by atoms with Gasteiger partial charge in [0.25, 0.3) is 0 Å². The highest BCUT2D eigenvalue weighted by Crippen LogP contribution is 2.32. The number of hydrazine groups is 1. The molecule has 0 unspecified atom stereocenters. The van der Waals surface area contributed by atoms with Crippen molar-refractivity contribution in [3.05, 3.63) is 109 Å². The second-order valence-electron chi connectivity index (χ2n) is 7.79. The SMILES string of the molecule is O=CNNc1ccc(NC(=S)N(c2ccc3ccccc3c2)c2ccc3ccccc3c2)cc1. The smallest absolute Gasteiger partial charge is 0.225 e. The molecular formula is C28H22N4OS. The zero-order valence-corrected chi connectivity index (χ0v) is 19.0. The summed E-state index contributed by atoms with van der Waals surface area (Å²) in [5.41, 5.74) is 8.78. The Hall–Kier alpha value is -4.42. The monoisotopic (exact) mass is 462 g/mol. The van der Waals surface area contributed by atoms with Crippen molar-refractivity contribution in [3.8, 4) is 0 Å². The van der Waals surface area contributed by atoms with Gasteiger partial charge in [-0.2, -0.15) is 0 Å². The third kappa shape index (κ3) is 4.53. The predicted octanol–water partition coefficient (Wildman–Crippen LogP) is 6.60. The van der Waals surface area contributed by atoms with Crippen molar-refractivity contribution in [3.63, 3.8) is 0 Å². The zero-order chi connectivity index (χ0) is 23.3. The van der Waals surface area contributed by atoms with Gasteiger partial charge in [-0.25, -0.2) is 0 Å². The summed E-state index contributed by atoms with van der Waals surface area (Å²) in [4.78, 5) is 12.5. The summed E-state index contributed by atoms with van der Waals surface area (Å²) < 4.78 is 0. The average molecular weight is 463 g/mol. The van der Waals surface area contributed by atoms with Crippen LogP contribution in [-0.4, -0.2) is 11.5 Å². The van der Waals surface area contributed by atoms with Gasteiger partial charge in [-0.15, -0.1) is 0 Å². The molecule has 0 saturated heterocycles. The lowest BCUT2D eigenvalue weighted by atomic mass is 10.1. The third-order valence-corrected chi connectivity index (χ3v) is 5.88. The lowest BCUT2D eigenvalue weighted by molar-refractivity contribution is -0.109. The number of rotatable bonds is 6. The first kappa shape index (κ1) is 21.4. The molecule has 0 atom stereocenters. The zero-order valence-electron chi connectivity index (χ0n) is 18.2. The molecule has 5 nitrogen and oxygen atoms in total. The maximum absolute atomic E-state index is 10.5. The summed E-state index contributed by atoms with van der Waals surface area (Å²) >= 11 is 5.91. The van der Waals surface area contributed by atoms with Crippen molar-refractivity contribution in [2.75, 3.05) is 15.6 Å². The molecule has 34 heavy (non-hydrogen) atoms. The number of amides is 1. The van der Waals surface area contributed by atoms with Gasteiger partial charge < -0.3 is 5.32 Å². The van der Waals surface area contributed by atoms with Crippen molar-refractivity contribution in [2.45, 2.75) is 0 Å². The van der Waals surface area contributed by atoms with E-state index in [4.69, 9.17) is 12.2 Å². The number of hydrogen-bond acceptors (Lipinski definition) is 3. The molecular weight excluding hydrogens is 440 g/mol. The lowest BCUT2D eigenvalue weighted by Crippen LogP contribution is -2.30. The Morgan fingerprint density at radius 1 is 0.647 bits per heavy atom. The van der Waals surface area contributed by atoms with E-state index in [-0.39, 0.29) is 0 Å². The van der Waals surface area contributed by atoms with Gasteiger partial charge in [-0.3, -0.25) is 20.5 Å². The fraction of sp³-hybridized carbons (Fsp3) is 0. The molecule has 5 rings (SSSR count). The Morgan fingerprint density at radius 3 is 1.68 bits per heavy atom. The maximum Gasteiger partial charge on any atom is 0.225 e. The van der Waals surface area contributed by atoms with E-state index in [2.05, 4.69) is 76.8 Å². The van der Waals surface area contributed by atoms with Crippen LogP contribution in [0.5, 0.6) is 0 Å². The van der Waals surface area contributed by atoms with Crippen LogP contribution >= 0.6 is 12.2 Å². The lowest BCUT2D eigenvalue weighted by Gasteiger charge is -2.27. The van der Waals surface area contributed by atoms with Gasteiger partial charge in [-0.1, -0.05) is 60.7 Å². The van der Waals surface area contributed by atoms with Crippen LogP contribution in [0, 0.1) is 0 Å². The minimum atomic E-state index is 0.553. The molecule has 1 amide bonds. The van der Waals surface area contributed by atoms with E-state index >= 15 is 0 Å². The molecule has 5 aromatic rings. The topological polar surface area (TPSA) is 56.4 Å². The molecule has 0 radical (unpaired) electrons. The van der Waals surface area contributed by atoms with Crippen molar-refractivity contribution in [1.82, 2.24) is 5.43 Å². The van der Waals surface area contributed by atoms with E-state index in [1.807, 2.05) is 53.4 Å². The predicted molar refractivity (Wildman–Crippen MR) is 146 cm³/mol. The summed E-state index contributed by atoms with van der Waals surface area (Å²) in [6.07, 6.45) is 0.590. The van der Waals surface area contributed by atoms with Crippen LogP contribution in [0.4, 0.5) is 22.7 Å². The summed E-state index contributed by atoms with van der Waals surface area (Å²) in [7, 11) is 0. The normalized spacial score (nSPS) is 10.6. The largest absolute Gasteiger partial charge is 0.332 e. The number of thiocarbonyl (C=S) groups is 1. The molecule has 0 aliphatic rings. The highest BCUT2D eigenvalue weighted by atomic mass is 32.1. The van der Waals surface area contributed by atoms with Crippen LogP contribution in [0.1, 0.15) is 0 Å². The highest BCUT2D eigenvalue weighted by molar-refractivity contribution is 7.80. The molecule has 6 heteroatoms. The van der Waals surface area contributed by atoms with Crippen molar-refractivity contribution in [2.24, 2.45) is 0 Å². The van der Waals surface area contributed by atoms with Gasteiger partial charge in [0.1, 0.15) is 0 Å². The third-order valence-electron chi connectivity index (χ3n) is 5.60. The van der Waals surface area contributed by atoms with E-state index in [9.17, 15) is 4.79 Å². The number of carbonyl (C=O) groups is 1. The number of nitrogens with one attached hydrogen (secondary N) is 3. The van der Waals surface area contributed by atoms with Crippen LogP contribution in [0.3, 0.4) is 0 Å². The minimum absolute atomic E-state index is 0.553. The number of hydrogen-bond donors (Lipinski definition) is 3. The van der Waals surface area contributed by atoms with Crippen LogP contribution < -0.4 is 21.1 Å². The molecule has 0 saturated carbocycles. The highest BCUT2D eigenvalue weighted by Gasteiger charge is 2.16. The standard InChI is InChI=1S/C28H22N4OS/c33-19-29-31-25-13-11-24(12-14-25)30-28(34)32(26-15-9-20-5-1-3-7-22(20)17-26)27-16-10-21-6-2-4-8-23(21)18-27/h1-19,31H,(H,29,33)(H,30,34). The van der Waals surface area contributed by atoms with Gasteiger partial charge in [0.05, 0.1) is 5.69 Å². The van der Waals surface area contributed by atoms with Gasteiger partial charge in [0.2, 0.25) is 6.41 Å². The first-order valence-electron chi connectivity index (χ1n) is 10.9. The first-order valence-corrected chi connectivity index (χ1v) is 11.3. The molecule has 0 aliphatic heterocycles. The number of anilines is 4. The number of benzene rings is 5. The Labute approximate surface area is 203 Å². The van der Waals surface area contributed by atoms with E-state index in [0.29, 0.717) is 11.5 Å². The molecule has 166 valence electrons. The van der Waals surface area contributed by atoms with Crippen LogP contribution in [0.2, 0.25) is 0 Å². The quantitative estimate of drug-likeness (QED) is 0.151. The Balaban J connectivity index is 1.52. The molecule has 0 spiro atoms. The molecule has 0 aromatic heterocycles. The molecule has 5 aromatic carbocycles. The summed E-state index contributed by atoms with van der Waals surface area (Å²) in [6.45, 7) is 0. The minimum Gasteiger partial charge on any atom is -0.332 e. The van der Waals surface area contributed by atoms with Crippen molar-refractivity contribution < 1.29 is 4.79 Å². The Morgan fingerprint density at radius 2 is 1.15 bits per heavy atom. The maximum atomic E-state index is 10.5. The average Bonchev–Trinajstić information content (AvgIpc) is 2.88. The van der Waals surface area contributed by atoms with E-state index < -0.39 is 0 Å². The van der Waals surface area contributed by atoms with Crippen LogP contribution in [0.15, 0.2) is 109 Å².